The molecule has 1 rings (SSSR count). The summed E-state index contributed by atoms with van der Waals surface area (Å²) in [6.07, 6.45) is 1.93. The molecule has 0 aliphatic heterocycles. The van der Waals surface area contributed by atoms with E-state index in [1.54, 1.807) is 0 Å². The van der Waals surface area contributed by atoms with Gasteiger partial charge in [0.2, 0.25) is 0 Å². The molecule has 1 nitrogen and oxygen atoms in total. The van der Waals surface area contributed by atoms with Crippen LogP contribution in [-0.4, -0.2) is 0 Å². The Morgan fingerprint density at radius 2 is 1.67 bits per heavy atom. The molecule has 0 spiro atoms. The Kier molecular flexibility index (Phi) is 8.22. The van der Waals surface area contributed by atoms with Crippen molar-refractivity contribution in [1.29, 1.82) is 0 Å². The van der Waals surface area contributed by atoms with Crippen molar-refractivity contribution in [2.75, 3.05) is 0 Å². The van der Waals surface area contributed by atoms with Crippen LogP contribution in [0.2, 0.25) is 0 Å². The van der Waals surface area contributed by atoms with Gasteiger partial charge in [-0.3, -0.25) is 0 Å². The van der Waals surface area contributed by atoms with Gasteiger partial charge in [0.25, 0.3) is 0 Å². The van der Waals surface area contributed by atoms with Crippen molar-refractivity contribution < 1.29 is 42.8 Å². The van der Waals surface area contributed by atoms with Crippen molar-refractivity contribution in [3.63, 3.8) is 0 Å². The molecule has 0 bridgehead atoms. The maximum atomic E-state index is 11.1. The van der Waals surface area contributed by atoms with E-state index in [4.69, 9.17) is 0 Å². The number of benzene rings is 1. The predicted octanol–water partition coefficient (Wildman–Crippen LogP) is -3.85. The van der Waals surface area contributed by atoms with Crippen LogP contribution in [0.5, 0.6) is 0 Å². The molecule has 1 aromatic carbocycles. The Bertz CT molecular complexity index is 294. The molecule has 0 N–H and O–H groups in total. The van der Waals surface area contributed by atoms with E-state index in [0.717, 1.165) is 5.56 Å². The molecule has 0 heterocycles. The van der Waals surface area contributed by atoms with Gasteiger partial charge in [-0.25, -0.2) is 0 Å². The van der Waals surface area contributed by atoms with Gasteiger partial charge in [0.15, 0.2) is 0 Å². The third-order valence-corrected chi connectivity index (χ3v) is 2.05. The van der Waals surface area contributed by atoms with E-state index in [-0.39, 0.29) is 43.5 Å². The van der Waals surface area contributed by atoms with Crippen molar-refractivity contribution in [2.24, 2.45) is 5.41 Å². The minimum atomic E-state index is -0.471. The van der Waals surface area contributed by atoms with Gasteiger partial charge in [-0.1, -0.05) is 25.3 Å². The molecular weight excluding hydrogens is 174 g/mol. The van der Waals surface area contributed by atoms with Crippen LogP contribution in [0.25, 0.3) is 0 Å². The van der Waals surface area contributed by atoms with Crippen molar-refractivity contribution in [3.05, 3.63) is 54.7 Å². The molecule has 0 aliphatic rings. The van der Waals surface area contributed by atoms with Crippen LogP contribution in [0.4, 0.5) is 0 Å². The second kappa shape index (κ2) is 7.16. The standard InChI is InChI=1S/C12H15O.2Li/c1-10(13)12(2,3)9-11-7-5-4-6-8-11;;/h4-9,13H,1H2,2-3H3;;/q-1;2*+1/p-1. The van der Waals surface area contributed by atoms with Crippen molar-refractivity contribution in [3.8, 4) is 0 Å². The van der Waals surface area contributed by atoms with Crippen molar-refractivity contribution in [2.45, 2.75) is 13.8 Å². The van der Waals surface area contributed by atoms with E-state index in [9.17, 15) is 5.11 Å². The van der Waals surface area contributed by atoms with Gasteiger partial charge in [-0.15, -0.1) is 24.5 Å². The van der Waals surface area contributed by atoms with Gasteiger partial charge < -0.3 is 5.11 Å². The summed E-state index contributed by atoms with van der Waals surface area (Å²) < 4.78 is 0. The zero-order valence-corrected chi connectivity index (χ0v) is 10.1. The van der Waals surface area contributed by atoms with E-state index < -0.39 is 5.41 Å². The van der Waals surface area contributed by atoms with Crippen LogP contribution >= 0.6 is 0 Å². The van der Waals surface area contributed by atoms with E-state index in [2.05, 4.69) is 6.58 Å². The first-order chi connectivity index (χ1) is 6.02. The molecular formula is C12H14Li2O. The van der Waals surface area contributed by atoms with Gasteiger partial charge >= 0.3 is 37.7 Å². The Balaban J connectivity index is 0. The Morgan fingerprint density at radius 3 is 2.07 bits per heavy atom. The molecule has 0 fully saturated rings. The summed E-state index contributed by atoms with van der Waals surface area (Å²) >= 11 is 0. The molecule has 70 valence electrons. The zero-order valence-electron chi connectivity index (χ0n) is 10.1. The molecule has 0 radical (unpaired) electrons. The van der Waals surface area contributed by atoms with Crippen LogP contribution in [0.3, 0.4) is 0 Å². The number of hydrogen-bond acceptors (Lipinski definition) is 1. The Hall–Kier alpha value is -0.175. The summed E-state index contributed by atoms with van der Waals surface area (Å²) in [6, 6.07) is 9.82. The maximum absolute atomic E-state index is 11.1. The second-order valence-electron chi connectivity index (χ2n) is 3.70. The number of allylic oxidation sites excluding steroid dienone is 1. The van der Waals surface area contributed by atoms with Gasteiger partial charge in [-0.05, 0) is 0 Å². The minimum Gasteiger partial charge on any atom is -0.876 e. The van der Waals surface area contributed by atoms with E-state index in [1.165, 1.54) is 0 Å². The van der Waals surface area contributed by atoms with Crippen LogP contribution in [0.1, 0.15) is 19.4 Å². The second-order valence-corrected chi connectivity index (χ2v) is 3.70. The Morgan fingerprint density at radius 1 is 1.20 bits per heavy atom. The van der Waals surface area contributed by atoms with Crippen LogP contribution < -0.4 is 42.8 Å². The number of rotatable bonds is 3. The smallest absolute Gasteiger partial charge is 0.876 e. The predicted molar refractivity (Wildman–Crippen MR) is 52.8 cm³/mol. The third-order valence-electron chi connectivity index (χ3n) is 2.05. The van der Waals surface area contributed by atoms with Crippen LogP contribution in [0.15, 0.2) is 42.7 Å². The Labute approximate surface area is 116 Å². The van der Waals surface area contributed by atoms with E-state index >= 15 is 0 Å². The summed E-state index contributed by atoms with van der Waals surface area (Å²) in [5.41, 5.74) is 0.589. The molecule has 3 heteroatoms. The molecule has 0 aromatic heterocycles. The van der Waals surface area contributed by atoms with Gasteiger partial charge in [0, 0.05) is 0 Å². The first-order valence-electron chi connectivity index (χ1n) is 4.30. The van der Waals surface area contributed by atoms with Gasteiger partial charge in [0.1, 0.15) is 0 Å². The number of hydrogen-bond donors (Lipinski definition) is 0. The quantitative estimate of drug-likeness (QED) is 0.270. The third kappa shape index (κ3) is 5.45. The molecule has 0 atom stereocenters. The first kappa shape index (κ1) is 17.2. The van der Waals surface area contributed by atoms with Crippen LogP contribution in [-0.2, 0) is 0 Å². The molecule has 0 saturated carbocycles. The van der Waals surface area contributed by atoms with Crippen molar-refractivity contribution >= 4 is 0 Å². The average molecular weight is 188 g/mol. The summed E-state index contributed by atoms with van der Waals surface area (Å²) in [5, 5.41) is 11.1. The maximum Gasteiger partial charge on any atom is 1.00 e. The topological polar surface area (TPSA) is 23.1 Å². The van der Waals surface area contributed by atoms with Crippen LogP contribution in [0, 0.1) is 11.8 Å². The largest absolute Gasteiger partial charge is 1.00 e. The molecule has 0 saturated heterocycles. The SMILES string of the molecule is C=C([O-])C(C)(C)[CH-]c1ccccc1.[Li+].[Li+]. The molecule has 0 unspecified atom stereocenters. The fourth-order valence-electron chi connectivity index (χ4n) is 1.05. The zero-order chi connectivity index (χ0) is 9.90. The molecule has 15 heavy (non-hydrogen) atoms. The fraction of sp³-hybridized carbons (Fsp3) is 0.250. The summed E-state index contributed by atoms with van der Waals surface area (Å²) in [4.78, 5) is 0. The molecule has 0 aliphatic carbocycles. The fourth-order valence-corrected chi connectivity index (χ4v) is 1.05. The monoisotopic (exact) mass is 188 g/mol. The average Bonchev–Trinajstić information content (AvgIpc) is 2.05. The van der Waals surface area contributed by atoms with Gasteiger partial charge in [-0.2, -0.15) is 24.1 Å². The summed E-state index contributed by atoms with van der Waals surface area (Å²) in [7, 11) is 0. The first-order valence-corrected chi connectivity index (χ1v) is 4.30. The normalized spacial score (nSPS) is 9.47. The van der Waals surface area contributed by atoms with Crippen molar-refractivity contribution in [1.82, 2.24) is 0 Å². The minimum absolute atomic E-state index is 0. The summed E-state index contributed by atoms with van der Waals surface area (Å²) in [6.45, 7) is 7.18. The van der Waals surface area contributed by atoms with Gasteiger partial charge in [0.05, 0.1) is 0 Å². The van der Waals surface area contributed by atoms with E-state index in [0.29, 0.717) is 0 Å². The summed E-state index contributed by atoms with van der Waals surface area (Å²) in [5.74, 6) is -0.0589. The van der Waals surface area contributed by atoms with E-state index in [1.807, 2.05) is 50.6 Å². The molecule has 1 aromatic rings. The molecule has 0 amide bonds.